The number of thiocarbonyl (C=S) groups is 1. The van der Waals surface area contributed by atoms with Crippen molar-refractivity contribution in [3.8, 4) is 0 Å². The predicted octanol–water partition coefficient (Wildman–Crippen LogP) is 3.70. The Morgan fingerprint density at radius 3 is 2.55 bits per heavy atom. The van der Waals surface area contributed by atoms with Crippen LogP contribution in [0.3, 0.4) is 0 Å². The zero-order valence-electron chi connectivity index (χ0n) is 15.2. The fourth-order valence-corrected chi connectivity index (χ4v) is 3.04. The lowest BCUT2D eigenvalue weighted by molar-refractivity contribution is -0.576. The van der Waals surface area contributed by atoms with Gasteiger partial charge in [0.1, 0.15) is 0 Å². The summed E-state index contributed by atoms with van der Waals surface area (Å²) in [7, 11) is 0. The number of hydrogen-bond donors (Lipinski definition) is 3. The summed E-state index contributed by atoms with van der Waals surface area (Å²) in [5, 5.41) is 34.6. The highest BCUT2D eigenvalue weighted by Crippen LogP contribution is 2.23. The summed E-state index contributed by atoms with van der Waals surface area (Å²) in [6, 6.07) is 18.3. The molecule has 29 heavy (non-hydrogen) atoms. The molecule has 146 valence electrons. The van der Waals surface area contributed by atoms with Crippen LogP contribution in [0.1, 0.15) is 11.1 Å². The molecule has 0 aliphatic rings. The largest absolute Gasteiger partial charge is 0.502 e. The molecule has 8 heteroatoms. The zero-order chi connectivity index (χ0) is 20.8. The van der Waals surface area contributed by atoms with Gasteiger partial charge in [0.05, 0.1) is 11.5 Å². The van der Waals surface area contributed by atoms with Crippen molar-refractivity contribution in [3.05, 3.63) is 100 Å². The topological polar surface area (TPSA) is 99.5 Å². The lowest BCUT2D eigenvalue weighted by Gasteiger charge is -2.10. The minimum Gasteiger partial charge on any atom is -0.502 e. The number of benzene rings is 2. The van der Waals surface area contributed by atoms with E-state index < -0.39 is 4.92 Å². The van der Waals surface area contributed by atoms with Gasteiger partial charge >= 0.3 is 0 Å². The number of rotatable bonds is 6. The molecule has 0 saturated heterocycles. The van der Waals surface area contributed by atoms with E-state index in [1.165, 1.54) is 18.2 Å². The molecule has 0 saturated carbocycles. The first-order chi connectivity index (χ1) is 14.0. The number of aliphatic hydroxyl groups is 2. The first kappa shape index (κ1) is 20.1. The van der Waals surface area contributed by atoms with E-state index in [0.29, 0.717) is 5.56 Å². The molecule has 0 unspecified atom stereocenters. The fourth-order valence-electron chi connectivity index (χ4n) is 2.72. The van der Waals surface area contributed by atoms with Crippen molar-refractivity contribution in [2.75, 3.05) is 5.32 Å². The van der Waals surface area contributed by atoms with Crippen LogP contribution < -0.4 is 9.88 Å². The van der Waals surface area contributed by atoms with Gasteiger partial charge < -0.3 is 15.5 Å². The molecule has 3 N–H and O–H groups in total. The monoisotopic (exact) mass is 408 g/mol. The predicted molar refractivity (Wildman–Crippen MR) is 114 cm³/mol. The van der Waals surface area contributed by atoms with Crippen LogP contribution in [0.2, 0.25) is 0 Å². The molecule has 0 fully saturated rings. The van der Waals surface area contributed by atoms with Gasteiger partial charge in [-0.1, -0.05) is 42.5 Å². The number of non-ortho nitro benzene ring substituents is 1. The number of pyridine rings is 1. The lowest BCUT2D eigenvalue weighted by Crippen LogP contribution is -2.39. The Hall–Kier alpha value is -3.62. The highest BCUT2D eigenvalue weighted by molar-refractivity contribution is 7.81. The average Bonchev–Trinajstić information content (AvgIpc) is 2.74. The molecule has 0 bridgehead atoms. The number of aliphatic hydroxyl groups excluding tert-OH is 2. The SMILES string of the molecule is O=[N+]([O-])c1cccc(/C(O)=C(\C(=S)Nc2ccccc2)[n+]2cccc(CO)c2)c1. The second-order valence-electron chi connectivity index (χ2n) is 6.10. The summed E-state index contributed by atoms with van der Waals surface area (Å²) < 4.78 is 1.57. The minimum absolute atomic E-state index is 0.149. The molecule has 0 aliphatic heterocycles. The van der Waals surface area contributed by atoms with Crippen LogP contribution in [0, 0.1) is 10.1 Å². The second kappa shape index (κ2) is 9.05. The summed E-state index contributed by atoms with van der Waals surface area (Å²) in [6.45, 7) is -0.190. The van der Waals surface area contributed by atoms with E-state index in [0.717, 1.165) is 5.69 Å². The lowest BCUT2D eigenvalue weighted by atomic mass is 10.1. The molecule has 0 amide bonds. The number of nitro benzene ring substituents is 1. The van der Waals surface area contributed by atoms with Gasteiger partial charge in [0.2, 0.25) is 0 Å². The van der Waals surface area contributed by atoms with Gasteiger partial charge in [-0.15, -0.1) is 0 Å². The first-order valence-corrected chi connectivity index (χ1v) is 9.06. The summed E-state index contributed by atoms with van der Waals surface area (Å²) in [6.07, 6.45) is 3.29. The molecular formula is C21H18N3O4S+. The Morgan fingerprint density at radius 1 is 1.10 bits per heavy atom. The highest BCUT2D eigenvalue weighted by Gasteiger charge is 2.25. The number of aromatic nitrogens is 1. The van der Waals surface area contributed by atoms with E-state index in [2.05, 4.69) is 5.32 Å². The molecule has 0 aliphatic carbocycles. The third kappa shape index (κ3) is 4.81. The molecule has 3 rings (SSSR count). The number of nitrogens with one attached hydrogen (secondary N) is 1. The standard InChI is InChI=1S/C21H17N3O4S/c25-14-15-6-5-11-23(13-15)19(21(29)22-17-8-2-1-3-9-17)20(26)16-7-4-10-18(12-16)24(27)28/h1-13,25H,14H2,(H-,22,26,29)/p+1. The third-order valence-corrected chi connectivity index (χ3v) is 4.40. The maximum atomic E-state index is 11.1. The van der Waals surface area contributed by atoms with Gasteiger partial charge in [0, 0.05) is 35.0 Å². The van der Waals surface area contributed by atoms with Crippen LogP contribution in [-0.2, 0) is 6.61 Å². The summed E-state index contributed by atoms with van der Waals surface area (Å²) in [5.74, 6) is -0.234. The summed E-state index contributed by atoms with van der Waals surface area (Å²) >= 11 is 5.53. The Labute approximate surface area is 172 Å². The normalized spacial score (nSPS) is 11.5. The van der Waals surface area contributed by atoms with Crippen molar-refractivity contribution in [2.24, 2.45) is 0 Å². The molecule has 1 aromatic heterocycles. The van der Waals surface area contributed by atoms with E-state index >= 15 is 0 Å². The van der Waals surface area contributed by atoms with Gasteiger partial charge in [0.25, 0.3) is 11.4 Å². The van der Waals surface area contributed by atoms with Crippen LogP contribution in [0.25, 0.3) is 11.5 Å². The Kier molecular flexibility index (Phi) is 6.28. The summed E-state index contributed by atoms with van der Waals surface area (Å²) in [4.78, 5) is 10.8. The number of nitro groups is 1. The van der Waals surface area contributed by atoms with Crippen molar-refractivity contribution in [2.45, 2.75) is 6.61 Å². The van der Waals surface area contributed by atoms with Gasteiger partial charge in [-0.05, 0) is 18.2 Å². The Morgan fingerprint density at radius 2 is 1.86 bits per heavy atom. The van der Waals surface area contributed by atoms with Gasteiger partial charge in [-0.25, -0.2) is 0 Å². The van der Waals surface area contributed by atoms with Crippen LogP contribution in [-0.4, -0.2) is 20.1 Å². The van der Waals surface area contributed by atoms with E-state index in [1.807, 2.05) is 30.3 Å². The maximum absolute atomic E-state index is 11.1. The molecule has 1 heterocycles. The van der Waals surface area contributed by atoms with E-state index in [9.17, 15) is 20.3 Å². The molecule has 0 atom stereocenters. The molecule has 3 aromatic rings. The van der Waals surface area contributed by atoms with Crippen molar-refractivity contribution >= 4 is 40.0 Å². The van der Waals surface area contributed by atoms with Crippen LogP contribution in [0.5, 0.6) is 0 Å². The minimum atomic E-state index is -0.531. The smallest absolute Gasteiger partial charge is 0.288 e. The zero-order valence-corrected chi connectivity index (χ0v) is 16.0. The van der Waals surface area contributed by atoms with Crippen molar-refractivity contribution in [3.63, 3.8) is 0 Å². The molecular weight excluding hydrogens is 390 g/mol. The van der Waals surface area contributed by atoms with Crippen molar-refractivity contribution < 1.29 is 19.7 Å². The third-order valence-electron chi connectivity index (χ3n) is 4.10. The maximum Gasteiger partial charge on any atom is 0.288 e. The van der Waals surface area contributed by atoms with E-state index in [1.54, 1.807) is 35.2 Å². The first-order valence-electron chi connectivity index (χ1n) is 8.65. The second-order valence-corrected chi connectivity index (χ2v) is 6.51. The average molecular weight is 408 g/mol. The van der Waals surface area contributed by atoms with Crippen LogP contribution >= 0.6 is 12.2 Å². The van der Waals surface area contributed by atoms with Crippen molar-refractivity contribution in [1.82, 2.24) is 0 Å². The molecule has 2 aromatic carbocycles. The van der Waals surface area contributed by atoms with Gasteiger partial charge in [0.15, 0.2) is 23.1 Å². The van der Waals surface area contributed by atoms with Crippen molar-refractivity contribution in [1.29, 1.82) is 0 Å². The Balaban J connectivity index is 2.13. The van der Waals surface area contributed by atoms with Gasteiger partial charge in [-0.2, -0.15) is 4.57 Å². The van der Waals surface area contributed by atoms with E-state index in [4.69, 9.17) is 12.2 Å². The number of para-hydroxylation sites is 1. The van der Waals surface area contributed by atoms with Crippen LogP contribution in [0.4, 0.5) is 11.4 Å². The van der Waals surface area contributed by atoms with Crippen LogP contribution in [0.15, 0.2) is 79.1 Å². The van der Waals surface area contributed by atoms with Gasteiger partial charge in [-0.3, -0.25) is 10.1 Å². The molecule has 0 spiro atoms. The highest BCUT2D eigenvalue weighted by atomic mass is 32.1. The summed E-state index contributed by atoms with van der Waals surface area (Å²) in [5.41, 5.74) is 1.65. The number of nitrogens with zero attached hydrogens (tertiary/aromatic N) is 2. The quantitative estimate of drug-likeness (QED) is 0.144. The molecule has 0 radical (unpaired) electrons. The molecule has 7 nitrogen and oxygen atoms in total. The number of hydrogen-bond acceptors (Lipinski definition) is 5. The fraction of sp³-hybridized carbons (Fsp3) is 0.0476. The van der Waals surface area contributed by atoms with E-state index in [-0.39, 0.29) is 34.3 Å². The Bertz CT molecular complexity index is 1080. The number of anilines is 1.